The van der Waals surface area contributed by atoms with Crippen LogP contribution in [0.3, 0.4) is 0 Å². The highest BCUT2D eigenvalue weighted by molar-refractivity contribution is 5.17. The molecule has 3 heterocycles. The normalized spacial score (nSPS) is 59.1. The Balaban J connectivity index is 0.000000141. The molecule has 58 heavy (non-hydrogen) atoms. The SMILES string of the molecule is CC(C)CCC1O[C@H]2C[C@H]3[C@@H]4CCC5CCCC(O)[C@]5(C)[C@H]4CC[C@]3(C)[C@H]2[C@@H]1C.C[C@H]1CC[C@@]2(OC1)O[C@H]1C[C@H]3[C@@H]4CCC5CCCC[C@]5(C)[C@H]4CC[C@]3(C)[C@H]1[C@@H]2C. The van der Waals surface area contributed by atoms with E-state index in [4.69, 9.17) is 14.2 Å². The van der Waals surface area contributed by atoms with Crippen molar-refractivity contribution >= 4 is 0 Å². The predicted octanol–water partition coefficient (Wildman–Crippen LogP) is 13.3. The molecule has 8 aliphatic carbocycles. The Kier molecular flexibility index (Phi) is 10.8. The zero-order valence-electron chi connectivity index (χ0n) is 39.1. The van der Waals surface area contributed by atoms with E-state index >= 15 is 0 Å². The summed E-state index contributed by atoms with van der Waals surface area (Å²) in [6.45, 7) is 23.4. The summed E-state index contributed by atoms with van der Waals surface area (Å²) in [7, 11) is 0. The molecule has 0 aromatic carbocycles. The van der Waals surface area contributed by atoms with Crippen LogP contribution in [0, 0.1) is 105 Å². The molecule has 11 fully saturated rings. The third-order valence-corrected chi connectivity index (χ3v) is 23.2. The summed E-state index contributed by atoms with van der Waals surface area (Å²) in [5.74, 6) is 11.1. The minimum Gasteiger partial charge on any atom is -0.393 e. The molecule has 0 aromatic heterocycles. The molecule has 330 valence electrons. The van der Waals surface area contributed by atoms with Gasteiger partial charge in [0.1, 0.15) is 0 Å². The van der Waals surface area contributed by atoms with Gasteiger partial charge in [-0.2, -0.15) is 0 Å². The Bertz CT molecular complexity index is 1480. The fraction of sp³-hybridized carbons (Fsp3) is 1.00. The molecule has 0 radical (unpaired) electrons. The van der Waals surface area contributed by atoms with Crippen LogP contribution >= 0.6 is 0 Å². The molecule has 11 rings (SSSR count). The van der Waals surface area contributed by atoms with E-state index < -0.39 is 0 Å². The monoisotopic (exact) mass is 803 g/mol. The van der Waals surface area contributed by atoms with Crippen molar-refractivity contribution in [3.05, 3.63) is 0 Å². The molecule has 0 amide bonds. The van der Waals surface area contributed by atoms with Gasteiger partial charge in [0.25, 0.3) is 0 Å². The maximum Gasteiger partial charge on any atom is 0.171 e. The zero-order chi connectivity index (χ0) is 40.6. The van der Waals surface area contributed by atoms with Crippen LogP contribution in [0.4, 0.5) is 0 Å². The number of hydrogen-bond donors (Lipinski definition) is 1. The van der Waals surface area contributed by atoms with Crippen LogP contribution in [0.5, 0.6) is 0 Å². The summed E-state index contributed by atoms with van der Waals surface area (Å²) in [4.78, 5) is 0. The van der Waals surface area contributed by atoms with Crippen LogP contribution in [0.25, 0.3) is 0 Å². The molecule has 1 N–H and O–H groups in total. The van der Waals surface area contributed by atoms with Gasteiger partial charge in [0.05, 0.1) is 31.0 Å². The van der Waals surface area contributed by atoms with Crippen LogP contribution in [0.1, 0.15) is 197 Å². The Morgan fingerprint density at radius 3 is 2.02 bits per heavy atom. The van der Waals surface area contributed by atoms with E-state index in [1.165, 1.54) is 122 Å². The summed E-state index contributed by atoms with van der Waals surface area (Å²) in [6, 6.07) is 0. The van der Waals surface area contributed by atoms with E-state index in [1.807, 2.05) is 0 Å². The summed E-state index contributed by atoms with van der Waals surface area (Å²) >= 11 is 0. The minimum atomic E-state index is -0.250. The molecule has 8 saturated carbocycles. The molecule has 4 nitrogen and oxygen atoms in total. The topological polar surface area (TPSA) is 47.9 Å². The van der Waals surface area contributed by atoms with Gasteiger partial charge in [-0.05, 0) is 208 Å². The molecule has 0 aromatic rings. The highest BCUT2D eigenvalue weighted by Gasteiger charge is 2.70. The highest BCUT2D eigenvalue weighted by atomic mass is 16.7. The second kappa shape index (κ2) is 15.0. The number of rotatable bonds is 3. The average Bonchev–Trinajstić information content (AvgIpc) is 3.87. The number of ether oxygens (including phenoxy) is 3. The first-order chi connectivity index (χ1) is 27.6. The van der Waals surface area contributed by atoms with Crippen molar-refractivity contribution in [3.8, 4) is 0 Å². The van der Waals surface area contributed by atoms with Gasteiger partial charge >= 0.3 is 0 Å². The molecule has 22 atom stereocenters. The summed E-state index contributed by atoms with van der Waals surface area (Å²) < 4.78 is 20.2. The van der Waals surface area contributed by atoms with Crippen molar-refractivity contribution in [3.63, 3.8) is 0 Å². The number of aliphatic hydroxyl groups excluding tert-OH is 1. The lowest BCUT2D eigenvalue weighted by molar-refractivity contribution is -0.273. The van der Waals surface area contributed by atoms with Crippen molar-refractivity contribution in [2.24, 2.45) is 105 Å². The fourth-order valence-corrected chi connectivity index (χ4v) is 20.1. The molecule has 1 spiro atoms. The van der Waals surface area contributed by atoms with Crippen molar-refractivity contribution in [1.82, 2.24) is 0 Å². The van der Waals surface area contributed by atoms with E-state index in [0.717, 1.165) is 90.5 Å². The first-order valence-electron chi connectivity index (χ1n) is 26.3. The Morgan fingerprint density at radius 2 is 1.29 bits per heavy atom. The van der Waals surface area contributed by atoms with Crippen molar-refractivity contribution < 1.29 is 19.3 Å². The molecule has 11 aliphatic rings. The van der Waals surface area contributed by atoms with Gasteiger partial charge in [-0.3, -0.25) is 0 Å². The first kappa shape index (κ1) is 41.8. The lowest BCUT2D eigenvalue weighted by Crippen LogP contribution is -2.57. The number of fused-ring (bicyclic) bond motifs is 14. The van der Waals surface area contributed by atoms with Gasteiger partial charge in [0.2, 0.25) is 0 Å². The van der Waals surface area contributed by atoms with Gasteiger partial charge < -0.3 is 19.3 Å². The summed E-state index contributed by atoms with van der Waals surface area (Å²) in [5.41, 5.74) is 1.79. The predicted molar refractivity (Wildman–Crippen MR) is 235 cm³/mol. The second-order valence-corrected chi connectivity index (χ2v) is 25.7. The molecule has 3 saturated heterocycles. The molecular weight excluding hydrogens is 713 g/mol. The lowest BCUT2D eigenvalue weighted by atomic mass is 9.44. The smallest absolute Gasteiger partial charge is 0.171 e. The van der Waals surface area contributed by atoms with Crippen LogP contribution in [-0.4, -0.2) is 41.9 Å². The minimum absolute atomic E-state index is 0.0603. The molecule has 4 heteroatoms. The van der Waals surface area contributed by atoms with Gasteiger partial charge in [-0.15, -0.1) is 0 Å². The lowest BCUT2D eigenvalue weighted by Gasteiger charge is -2.62. The number of aliphatic hydroxyl groups is 1. The maximum atomic E-state index is 11.1. The van der Waals surface area contributed by atoms with Gasteiger partial charge in [0, 0.05) is 12.3 Å². The van der Waals surface area contributed by atoms with E-state index in [9.17, 15) is 5.11 Å². The van der Waals surface area contributed by atoms with Crippen molar-refractivity contribution in [2.75, 3.05) is 6.61 Å². The van der Waals surface area contributed by atoms with Crippen LogP contribution < -0.4 is 0 Å². The average molecular weight is 803 g/mol. The Morgan fingerprint density at radius 1 is 0.621 bits per heavy atom. The van der Waals surface area contributed by atoms with E-state index in [1.54, 1.807) is 0 Å². The second-order valence-electron chi connectivity index (χ2n) is 25.7. The van der Waals surface area contributed by atoms with E-state index in [0.29, 0.717) is 46.4 Å². The third kappa shape index (κ3) is 6.11. The third-order valence-electron chi connectivity index (χ3n) is 23.2. The summed E-state index contributed by atoms with van der Waals surface area (Å²) in [6.07, 6.45) is 30.1. The molecule has 3 aliphatic heterocycles. The Labute approximate surface area is 356 Å². The largest absolute Gasteiger partial charge is 0.393 e. The molecular formula is C54H90O4. The van der Waals surface area contributed by atoms with Crippen LogP contribution in [0.2, 0.25) is 0 Å². The zero-order valence-corrected chi connectivity index (χ0v) is 39.1. The van der Waals surface area contributed by atoms with Gasteiger partial charge in [0.15, 0.2) is 5.79 Å². The molecule has 4 unspecified atom stereocenters. The van der Waals surface area contributed by atoms with Gasteiger partial charge in [-0.25, -0.2) is 0 Å². The molecule has 0 bridgehead atoms. The van der Waals surface area contributed by atoms with Gasteiger partial charge in [-0.1, -0.05) is 81.6 Å². The standard InChI is InChI=1S/C27H44O2.C27H46O2/c1-17-10-14-27(28-16-17)18(2)24-23(29-27)15-22-20-9-8-19-7-5-6-12-25(19,3)21(20)11-13-26(22,24)4;1-16(2)9-12-22-17(3)25-23(29-22)15-21-19-11-10-18-7-6-8-24(28)27(18,5)20(19)13-14-26(21,25)4/h17-24H,5-16H2,1-4H3;16-25,28H,6-15H2,1-5H3/t17-,18-,19?,20+,21-,22-,23-,24-,25-,26-,27+;17-,18?,19-,20+,21+,22?,23+,24?,25+,26+,27+/m01/s1. The fourth-order valence-electron chi connectivity index (χ4n) is 20.1. The van der Waals surface area contributed by atoms with E-state index in [2.05, 4.69) is 62.3 Å². The quantitative estimate of drug-likeness (QED) is 0.309. The highest BCUT2D eigenvalue weighted by Crippen LogP contribution is 2.73. The summed E-state index contributed by atoms with van der Waals surface area (Å²) in [5, 5.41) is 11.1. The van der Waals surface area contributed by atoms with Crippen LogP contribution in [0.15, 0.2) is 0 Å². The van der Waals surface area contributed by atoms with E-state index in [-0.39, 0.29) is 17.3 Å². The maximum absolute atomic E-state index is 11.1. The van der Waals surface area contributed by atoms with Crippen molar-refractivity contribution in [1.29, 1.82) is 0 Å². The van der Waals surface area contributed by atoms with Crippen LogP contribution in [-0.2, 0) is 14.2 Å². The number of hydrogen-bond acceptors (Lipinski definition) is 4. The Hall–Kier alpha value is -0.160. The first-order valence-corrected chi connectivity index (χ1v) is 26.3. The van der Waals surface area contributed by atoms with Crippen molar-refractivity contribution in [2.45, 2.75) is 227 Å².